The van der Waals surface area contributed by atoms with Crippen molar-refractivity contribution in [2.75, 3.05) is 0 Å². The molecule has 2 saturated carbocycles. The Morgan fingerprint density at radius 1 is 0.750 bits per heavy atom. The zero-order valence-corrected chi connectivity index (χ0v) is 12.2. The number of rotatable bonds is 1. The minimum atomic E-state index is 0. The fourth-order valence-electron chi connectivity index (χ4n) is 0.642. The molecule has 0 unspecified atom stereocenters. The van der Waals surface area contributed by atoms with Crippen molar-refractivity contribution in [1.82, 2.24) is 0 Å². The SMILES string of the molecule is [CH2][CH][C]([CH2])C.[CH]1[CH][CH][CH][CH]1.[CH]1[CH][CH][CH][CH]1.[Zr]. The fraction of sp³-hybridized carbons (Fsp3) is 0.0667. The van der Waals surface area contributed by atoms with E-state index in [-0.39, 0.29) is 26.2 Å². The Hall–Kier alpha value is 0.883. The van der Waals surface area contributed by atoms with Crippen LogP contribution in [0, 0.1) is 90.4 Å². The molecule has 0 heterocycles. The van der Waals surface area contributed by atoms with Crippen LogP contribution in [0.4, 0.5) is 0 Å². The van der Waals surface area contributed by atoms with Crippen molar-refractivity contribution in [2.45, 2.75) is 6.92 Å². The average molecular weight is 290 g/mol. The molecule has 1 heteroatoms. The van der Waals surface area contributed by atoms with Crippen molar-refractivity contribution in [3.8, 4) is 0 Å². The van der Waals surface area contributed by atoms with Gasteiger partial charge in [-0.05, 0) is 90.4 Å². The second-order valence-electron chi connectivity index (χ2n) is 2.97. The summed E-state index contributed by atoms with van der Waals surface area (Å²) in [6, 6.07) is 0. The van der Waals surface area contributed by atoms with Crippen LogP contribution in [-0.4, -0.2) is 0 Å². The molecule has 2 fully saturated rings. The molecule has 16 heavy (non-hydrogen) atoms. The molecular formula is C15H18Zr. The summed E-state index contributed by atoms with van der Waals surface area (Å²) in [4.78, 5) is 0. The first-order valence-electron chi connectivity index (χ1n) is 4.88. The molecule has 2 rings (SSSR count). The smallest absolute Gasteiger partial charge is 0 e. The summed E-state index contributed by atoms with van der Waals surface area (Å²) >= 11 is 0. The molecule has 0 aliphatic heterocycles. The molecule has 0 N–H and O–H groups in total. The van der Waals surface area contributed by atoms with Crippen molar-refractivity contribution >= 4 is 0 Å². The fourth-order valence-corrected chi connectivity index (χ4v) is 0.642. The molecule has 0 aromatic rings. The maximum Gasteiger partial charge on any atom is 0 e. The summed E-state index contributed by atoms with van der Waals surface area (Å²) in [5.74, 6) is 1.02. The zero-order chi connectivity index (χ0) is 11.4. The Morgan fingerprint density at radius 3 is 0.938 bits per heavy atom. The third kappa shape index (κ3) is 17.3. The molecule has 0 saturated heterocycles. The first-order chi connectivity index (χ1) is 7.27. The Kier molecular flexibility index (Phi) is 19.1. The van der Waals surface area contributed by atoms with Gasteiger partial charge in [0, 0.05) is 26.2 Å². The van der Waals surface area contributed by atoms with Crippen molar-refractivity contribution in [3.05, 3.63) is 90.4 Å². The normalized spacial score (nSPS) is 18.0. The van der Waals surface area contributed by atoms with Gasteiger partial charge < -0.3 is 0 Å². The van der Waals surface area contributed by atoms with Gasteiger partial charge in [0.1, 0.15) is 0 Å². The van der Waals surface area contributed by atoms with E-state index in [0.717, 1.165) is 5.92 Å². The molecule has 0 aromatic heterocycles. The molecule has 82 valence electrons. The van der Waals surface area contributed by atoms with Gasteiger partial charge in [0.2, 0.25) is 0 Å². The predicted octanol–water partition coefficient (Wildman–Crippen LogP) is 3.49. The molecule has 0 amide bonds. The Bertz CT molecular complexity index is 76.8. The van der Waals surface area contributed by atoms with E-state index in [4.69, 9.17) is 0 Å². The van der Waals surface area contributed by atoms with Crippen molar-refractivity contribution in [1.29, 1.82) is 0 Å². The van der Waals surface area contributed by atoms with Crippen LogP contribution in [0.2, 0.25) is 0 Å². The van der Waals surface area contributed by atoms with Gasteiger partial charge >= 0.3 is 0 Å². The van der Waals surface area contributed by atoms with Crippen LogP contribution in [0.15, 0.2) is 0 Å². The van der Waals surface area contributed by atoms with Crippen LogP contribution in [0.3, 0.4) is 0 Å². The molecule has 0 atom stereocenters. The minimum Gasteiger partial charge on any atom is -0.0588 e. The van der Waals surface area contributed by atoms with Gasteiger partial charge in [-0.3, -0.25) is 0 Å². The third-order valence-corrected chi connectivity index (χ3v) is 1.46. The zero-order valence-electron chi connectivity index (χ0n) is 9.77. The molecule has 0 spiro atoms. The summed E-state index contributed by atoms with van der Waals surface area (Å²) in [5, 5.41) is 0. The predicted molar refractivity (Wildman–Crippen MR) is 66.9 cm³/mol. The Balaban J connectivity index is 0. The maximum atomic E-state index is 3.56. The molecule has 2 aliphatic rings. The standard InChI is InChI=1S/2C5H5.C5H8.Zr/c2*1-2-4-5-3-1;1-4-5(2)3;/h2*1-5H;4H,1-2H2,3H3;. The van der Waals surface area contributed by atoms with Crippen LogP contribution >= 0.6 is 0 Å². The summed E-state index contributed by atoms with van der Waals surface area (Å²) in [7, 11) is 0. The second-order valence-corrected chi connectivity index (χ2v) is 2.97. The second kappa shape index (κ2) is 15.9. The van der Waals surface area contributed by atoms with Crippen LogP contribution in [-0.2, 0) is 26.2 Å². The van der Waals surface area contributed by atoms with Crippen molar-refractivity contribution in [3.63, 3.8) is 0 Å². The first kappa shape index (κ1) is 19.2. The minimum absolute atomic E-state index is 0. The van der Waals surface area contributed by atoms with E-state index < -0.39 is 0 Å². The van der Waals surface area contributed by atoms with Gasteiger partial charge in [0.25, 0.3) is 0 Å². The van der Waals surface area contributed by atoms with E-state index in [1.54, 1.807) is 6.42 Å². The molecule has 14 radical (unpaired) electrons. The van der Waals surface area contributed by atoms with Crippen molar-refractivity contribution in [2.24, 2.45) is 0 Å². The van der Waals surface area contributed by atoms with Gasteiger partial charge in [0.05, 0.1) is 0 Å². The molecule has 0 bridgehead atoms. The molecule has 0 nitrogen and oxygen atoms in total. The number of hydrogen-bond donors (Lipinski definition) is 0. The average Bonchev–Trinajstić information content (AvgIpc) is 2.96. The van der Waals surface area contributed by atoms with E-state index in [2.05, 4.69) is 13.8 Å². The van der Waals surface area contributed by atoms with Crippen LogP contribution in [0.25, 0.3) is 0 Å². The van der Waals surface area contributed by atoms with Crippen LogP contribution in [0.5, 0.6) is 0 Å². The van der Waals surface area contributed by atoms with Gasteiger partial charge in [-0.2, -0.15) is 0 Å². The quantitative estimate of drug-likeness (QED) is 0.693. The van der Waals surface area contributed by atoms with E-state index >= 15 is 0 Å². The van der Waals surface area contributed by atoms with E-state index in [0.29, 0.717) is 0 Å². The summed E-state index contributed by atoms with van der Waals surface area (Å²) in [6.45, 7) is 8.93. The molecule has 2 aliphatic carbocycles. The molecule has 0 aromatic carbocycles. The topological polar surface area (TPSA) is 0 Å². The van der Waals surface area contributed by atoms with Gasteiger partial charge in [-0.25, -0.2) is 0 Å². The first-order valence-corrected chi connectivity index (χ1v) is 4.88. The van der Waals surface area contributed by atoms with E-state index in [1.807, 2.05) is 71.1 Å². The largest absolute Gasteiger partial charge is 0.0588 e. The number of hydrogen-bond acceptors (Lipinski definition) is 0. The Morgan fingerprint density at radius 2 is 0.875 bits per heavy atom. The third-order valence-electron chi connectivity index (χ3n) is 1.46. The maximum absolute atomic E-state index is 3.56. The van der Waals surface area contributed by atoms with Crippen LogP contribution < -0.4 is 0 Å². The van der Waals surface area contributed by atoms with Gasteiger partial charge in [-0.1, -0.05) is 6.92 Å². The molecular weight excluding hydrogens is 271 g/mol. The van der Waals surface area contributed by atoms with Crippen molar-refractivity contribution < 1.29 is 26.2 Å². The van der Waals surface area contributed by atoms with Gasteiger partial charge in [0.15, 0.2) is 0 Å². The van der Waals surface area contributed by atoms with Crippen LogP contribution in [0.1, 0.15) is 6.92 Å². The monoisotopic (exact) mass is 288 g/mol. The summed E-state index contributed by atoms with van der Waals surface area (Å²) < 4.78 is 0. The van der Waals surface area contributed by atoms with Gasteiger partial charge in [-0.15, -0.1) is 0 Å². The van der Waals surface area contributed by atoms with E-state index in [1.165, 1.54) is 0 Å². The summed E-state index contributed by atoms with van der Waals surface area (Å²) in [6.07, 6.45) is 21.7. The summed E-state index contributed by atoms with van der Waals surface area (Å²) in [5.41, 5.74) is 0. The Labute approximate surface area is 123 Å². The van der Waals surface area contributed by atoms with E-state index in [9.17, 15) is 0 Å².